The molecule has 0 spiro atoms. The minimum absolute atomic E-state index is 0.0695. The molecule has 0 amide bonds. The van der Waals surface area contributed by atoms with E-state index in [1.165, 1.54) is 0 Å². The van der Waals surface area contributed by atoms with Crippen molar-refractivity contribution < 1.29 is 4.74 Å². The second kappa shape index (κ2) is 6.45. The molecule has 0 aliphatic rings. The van der Waals surface area contributed by atoms with Crippen LogP contribution in [0.25, 0.3) is 0 Å². The number of benzene rings is 1. The van der Waals surface area contributed by atoms with Gasteiger partial charge in [0.2, 0.25) is 11.2 Å². The first-order chi connectivity index (χ1) is 9.90. The normalized spacial score (nSPS) is 10.8. The molecule has 21 heavy (non-hydrogen) atoms. The number of nitrogens with one attached hydrogen (secondary N) is 1. The zero-order valence-corrected chi connectivity index (χ0v) is 13.7. The van der Waals surface area contributed by atoms with Crippen molar-refractivity contribution in [2.75, 3.05) is 12.4 Å². The largest absolute Gasteiger partial charge is 0.424 e. The smallest absolute Gasteiger partial charge is 0.328 e. The SMILES string of the molecule is CNc1nc(Cl)nc(Oc2cc(C(C)C)c(Cl)cc2C)n1. The van der Waals surface area contributed by atoms with Crippen molar-refractivity contribution in [3.63, 3.8) is 0 Å². The van der Waals surface area contributed by atoms with E-state index in [2.05, 4.69) is 34.1 Å². The number of hydrogen-bond acceptors (Lipinski definition) is 5. The molecule has 1 heterocycles. The van der Waals surface area contributed by atoms with Crippen LogP contribution >= 0.6 is 23.2 Å². The van der Waals surface area contributed by atoms with E-state index >= 15 is 0 Å². The zero-order valence-electron chi connectivity index (χ0n) is 12.2. The Morgan fingerprint density at radius 2 is 1.86 bits per heavy atom. The Balaban J connectivity index is 2.39. The van der Waals surface area contributed by atoms with Crippen molar-refractivity contribution in [1.82, 2.24) is 15.0 Å². The van der Waals surface area contributed by atoms with Crippen LogP contribution in [0.3, 0.4) is 0 Å². The van der Waals surface area contributed by atoms with Gasteiger partial charge in [-0.2, -0.15) is 15.0 Å². The van der Waals surface area contributed by atoms with Gasteiger partial charge in [0, 0.05) is 12.1 Å². The third-order valence-electron chi connectivity index (χ3n) is 2.93. The van der Waals surface area contributed by atoms with E-state index in [-0.39, 0.29) is 17.2 Å². The van der Waals surface area contributed by atoms with Gasteiger partial charge in [-0.15, -0.1) is 0 Å². The molecule has 2 rings (SSSR count). The molecule has 0 aliphatic carbocycles. The highest BCUT2D eigenvalue weighted by Gasteiger charge is 2.13. The molecule has 1 N–H and O–H groups in total. The molecule has 0 saturated carbocycles. The number of hydrogen-bond donors (Lipinski definition) is 1. The molecule has 5 nitrogen and oxygen atoms in total. The molecular formula is C14H16Cl2N4O. The van der Waals surface area contributed by atoms with Gasteiger partial charge < -0.3 is 10.1 Å². The third-order valence-corrected chi connectivity index (χ3v) is 3.43. The number of aromatic nitrogens is 3. The Hall–Kier alpha value is -1.59. The Morgan fingerprint density at radius 3 is 2.48 bits per heavy atom. The number of anilines is 1. The lowest BCUT2D eigenvalue weighted by atomic mass is 10.0. The topological polar surface area (TPSA) is 59.9 Å². The van der Waals surface area contributed by atoms with Crippen LogP contribution in [0.4, 0.5) is 5.95 Å². The summed E-state index contributed by atoms with van der Waals surface area (Å²) in [5, 5.41) is 3.59. The van der Waals surface area contributed by atoms with Crippen LogP contribution in [-0.2, 0) is 0 Å². The minimum atomic E-state index is 0.0695. The molecular weight excluding hydrogens is 311 g/mol. The van der Waals surface area contributed by atoms with Crippen LogP contribution < -0.4 is 10.1 Å². The lowest BCUT2D eigenvalue weighted by molar-refractivity contribution is 0.436. The van der Waals surface area contributed by atoms with Crippen LogP contribution in [0.2, 0.25) is 10.3 Å². The quantitative estimate of drug-likeness (QED) is 0.899. The van der Waals surface area contributed by atoms with Crippen molar-refractivity contribution in [3.05, 3.63) is 33.6 Å². The Bertz CT molecular complexity index is 662. The number of rotatable bonds is 4. The lowest BCUT2D eigenvalue weighted by Gasteiger charge is -2.13. The van der Waals surface area contributed by atoms with E-state index in [1.54, 1.807) is 7.05 Å². The molecule has 7 heteroatoms. The van der Waals surface area contributed by atoms with E-state index in [0.717, 1.165) is 16.1 Å². The molecule has 2 aromatic rings. The van der Waals surface area contributed by atoms with E-state index in [0.29, 0.717) is 11.7 Å². The van der Waals surface area contributed by atoms with Gasteiger partial charge in [-0.05, 0) is 47.7 Å². The van der Waals surface area contributed by atoms with Gasteiger partial charge in [0.1, 0.15) is 5.75 Å². The van der Waals surface area contributed by atoms with Crippen LogP contribution in [0.5, 0.6) is 11.8 Å². The van der Waals surface area contributed by atoms with E-state index in [4.69, 9.17) is 27.9 Å². The Morgan fingerprint density at radius 1 is 1.14 bits per heavy atom. The summed E-state index contributed by atoms with van der Waals surface area (Å²) in [6.45, 7) is 6.05. The minimum Gasteiger partial charge on any atom is -0.424 e. The summed E-state index contributed by atoms with van der Waals surface area (Å²) in [6, 6.07) is 3.91. The highest BCUT2D eigenvalue weighted by Crippen LogP contribution is 2.33. The summed E-state index contributed by atoms with van der Waals surface area (Å²) >= 11 is 12.1. The molecule has 0 saturated heterocycles. The van der Waals surface area contributed by atoms with E-state index < -0.39 is 0 Å². The van der Waals surface area contributed by atoms with Crippen molar-refractivity contribution in [2.45, 2.75) is 26.7 Å². The summed E-state index contributed by atoms with van der Waals surface area (Å²) in [6.07, 6.45) is 0. The Labute approximate surface area is 133 Å². The molecule has 0 unspecified atom stereocenters. The first-order valence-electron chi connectivity index (χ1n) is 6.48. The molecule has 0 fully saturated rings. The standard InChI is InChI=1S/C14H16Cl2N4O/c1-7(2)9-6-11(8(3)5-10(9)15)21-14-19-12(16)18-13(17-4)20-14/h5-7H,1-4H3,(H,17,18,19,20). The van der Waals surface area contributed by atoms with Crippen molar-refractivity contribution in [1.29, 1.82) is 0 Å². The van der Waals surface area contributed by atoms with Crippen molar-refractivity contribution >= 4 is 29.2 Å². The molecule has 1 aromatic carbocycles. The highest BCUT2D eigenvalue weighted by atomic mass is 35.5. The van der Waals surface area contributed by atoms with E-state index in [9.17, 15) is 0 Å². The van der Waals surface area contributed by atoms with Crippen LogP contribution in [-0.4, -0.2) is 22.0 Å². The maximum atomic E-state index is 6.24. The highest BCUT2D eigenvalue weighted by molar-refractivity contribution is 6.31. The first-order valence-corrected chi connectivity index (χ1v) is 7.23. The molecule has 112 valence electrons. The second-order valence-corrected chi connectivity index (χ2v) is 5.60. The van der Waals surface area contributed by atoms with Gasteiger partial charge in [-0.3, -0.25) is 0 Å². The third kappa shape index (κ3) is 3.74. The van der Waals surface area contributed by atoms with Crippen molar-refractivity contribution in [3.8, 4) is 11.8 Å². The van der Waals surface area contributed by atoms with Gasteiger partial charge in [0.25, 0.3) is 0 Å². The van der Waals surface area contributed by atoms with Crippen LogP contribution in [0, 0.1) is 6.92 Å². The maximum absolute atomic E-state index is 6.24. The summed E-state index contributed by atoms with van der Waals surface area (Å²) in [5.74, 6) is 1.28. The van der Waals surface area contributed by atoms with Crippen LogP contribution in [0.1, 0.15) is 30.9 Å². The average Bonchev–Trinajstić information content (AvgIpc) is 2.40. The van der Waals surface area contributed by atoms with E-state index in [1.807, 2.05) is 19.1 Å². The average molecular weight is 327 g/mol. The van der Waals surface area contributed by atoms with Gasteiger partial charge in [-0.1, -0.05) is 25.4 Å². The predicted molar refractivity (Wildman–Crippen MR) is 84.7 cm³/mol. The van der Waals surface area contributed by atoms with Crippen molar-refractivity contribution in [2.24, 2.45) is 0 Å². The second-order valence-electron chi connectivity index (χ2n) is 4.86. The number of nitrogens with zero attached hydrogens (tertiary/aromatic N) is 3. The maximum Gasteiger partial charge on any atom is 0.328 e. The van der Waals surface area contributed by atoms with Crippen LogP contribution in [0.15, 0.2) is 12.1 Å². The lowest BCUT2D eigenvalue weighted by Crippen LogP contribution is -2.02. The monoisotopic (exact) mass is 326 g/mol. The fourth-order valence-electron chi connectivity index (χ4n) is 1.81. The Kier molecular flexibility index (Phi) is 4.85. The zero-order chi connectivity index (χ0) is 15.6. The summed E-state index contributed by atoms with van der Waals surface area (Å²) in [5.41, 5.74) is 1.90. The number of aryl methyl sites for hydroxylation is 1. The fraction of sp³-hybridized carbons (Fsp3) is 0.357. The van der Waals surface area contributed by atoms with Gasteiger partial charge in [-0.25, -0.2) is 0 Å². The fourth-order valence-corrected chi connectivity index (χ4v) is 2.40. The molecule has 1 aromatic heterocycles. The first kappa shape index (κ1) is 15.8. The summed E-state index contributed by atoms with van der Waals surface area (Å²) in [7, 11) is 1.69. The predicted octanol–water partition coefficient (Wildman–Crippen LogP) is 4.44. The number of halogens is 2. The number of ether oxygens (including phenoxy) is 1. The van der Waals surface area contributed by atoms with Gasteiger partial charge >= 0.3 is 6.01 Å². The molecule has 0 aliphatic heterocycles. The van der Waals surface area contributed by atoms with Gasteiger partial charge in [0.15, 0.2) is 0 Å². The molecule has 0 atom stereocenters. The molecule has 0 radical (unpaired) electrons. The summed E-state index contributed by atoms with van der Waals surface area (Å²) < 4.78 is 5.73. The summed E-state index contributed by atoms with van der Waals surface area (Å²) in [4.78, 5) is 12.0. The van der Waals surface area contributed by atoms with Gasteiger partial charge in [0.05, 0.1) is 0 Å². The molecule has 0 bridgehead atoms.